The van der Waals surface area contributed by atoms with Crippen LogP contribution in [0.3, 0.4) is 0 Å². The highest BCUT2D eigenvalue weighted by molar-refractivity contribution is 6.30. The second-order valence-corrected chi connectivity index (χ2v) is 8.79. The number of carbonyl (C=O) groups is 2. The molecule has 0 saturated carbocycles. The molecule has 0 aliphatic carbocycles. The van der Waals surface area contributed by atoms with Crippen LogP contribution in [0.4, 0.5) is 0 Å². The monoisotopic (exact) mass is 440 g/mol. The van der Waals surface area contributed by atoms with Crippen LogP contribution in [0, 0.1) is 0 Å². The number of carbonyl (C=O) groups excluding carboxylic acids is 2. The summed E-state index contributed by atoms with van der Waals surface area (Å²) in [5.74, 6) is 0.143. The number of nitrogens with one attached hydrogen (secondary N) is 3. The summed E-state index contributed by atoms with van der Waals surface area (Å²) in [5, 5.41) is 10.3. The van der Waals surface area contributed by atoms with E-state index in [4.69, 9.17) is 11.6 Å². The van der Waals surface area contributed by atoms with Gasteiger partial charge < -0.3 is 16.0 Å². The molecule has 0 aromatic heterocycles. The Morgan fingerprint density at radius 1 is 1.10 bits per heavy atom. The van der Waals surface area contributed by atoms with E-state index < -0.39 is 0 Å². The van der Waals surface area contributed by atoms with Crippen LogP contribution in [0.2, 0.25) is 5.02 Å². The smallest absolute Gasteiger partial charge is 0.237 e. The van der Waals surface area contributed by atoms with Crippen molar-refractivity contribution in [1.29, 1.82) is 0 Å². The van der Waals surface area contributed by atoms with Crippen molar-refractivity contribution in [2.75, 3.05) is 13.1 Å². The summed E-state index contributed by atoms with van der Waals surface area (Å²) >= 11 is 6.07. The lowest BCUT2D eigenvalue weighted by Gasteiger charge is -2.37. The fraction of sp³-hybridized carbons (Fsp3) is 0.417. The lowest BCUT2D eigenvalue weighted by atomic mass is 10.0. The van der Waals surface area contributed by atoms with E-state index >= 15 is 0 Å². The maximum atomic E-state index is 12.4. The predicted molar refractivity (Wildman–Crippen MR) is 122 cm³/mol. The van der Waals surface area contributed by atoms with Crippen molar-refractivity contribution in [3.63, 3.8) is 0 Å². The van der Waals surface area contributed by atoms with E-state index in [-0.39, 0.29) is 29.9 Å². The normalized spacial score (nSPS) is 23.3. The second kappa shape index (κ2) is 10.3. The molecular weight excluding hydrogens is 412 g/mol. The van der Waals surface area contributed by atoms with Crippen molar-refractivity contribution >= 4 is 23.4 Å². The summed E-state index contributed by atoms with van der Waals surface area (Å²) in [5.41, 5.74) is 2.22. The first kappa shape index (κ1) is 21.8. The van der Waals surface area contributed by atoms with E-state index in [1.807, 2.05) is 54.6 Å². The SMILES string of the molecule is O=C(CC[C@H]1CNC(=O)[C@H]2C[C@H](NCc3cccc(Cl)c3)CN12)NCc1ccccc1. The van der Waals surface area contributed by atoms with Gasteiger partial charge in [0.15, 0.2) is 0 Å². The van der Waals surface area contributed by atoms with Crippen LogP contribution in [0.5, 0.6) is 0 Å². The summed E-state index contributed by atoms with van der Waals surface area (Å²) in [6, 6.07) is 18.0. The zero-order valence-electron chi connectivity index (χ0n) is 17.5. The van der Waals surface area contributed by atoms with Crippen LogP contribution in [-0.2, 0) is 22.7 Å². The molecule has 3 N–H and O–H groups in total. The number of hydrogen-bond acceptors (Lipinski definition) is 4. The molecule has 0 bridgehead atoms. The Balaban J connectivity index is 1.26. The van der Waals surface area contributed by atoms with Crippen molar-refractivity contribution in [1.82, 2.24) is 20.9 Å². The number of nitrogens with zero attached hydrogens (tertiary/aromatic N) is 1. The van der Waals surface area contributed by atoms with Crippen molar-refractivity contribution < 1.29 is 9.59 Å². The first-order valence-corrected chi connectivity index (χ1v) is 11.3. The molecule has 0 spiro atoms. The lowest BCUT2D eigenvalue weighted by molar-refractivity contribution is -0.129. The zero-order chi connectivity index (χ0) is 21.6. The van der Waals surface area contributed by atoms with Crippen molar-refractivity contribution in [3.05, 3.63) is 70.7 Å². The van der Waals surface area contributed by atoms with Gasteiger partial charge in [0.1, 0.15) is 0 Å². The molecule has 2 heterocycles. The van der Waals surface area contributed by atoms with Gasteiger partial charge in [0, 0.05) is 49.7 Å². The third-order valence-electron chi connectivity index (χ3n) is 6.14. The van der Waals surface area contributed by atoms with Gasteiger partial charge in [-0.15, -0.1) is 0 Å². The molecule has 7 heteroatoms. The van der Waals surface area contributed by atoms with E-state index in [0.29, 0.717) is 19.5 Å². The fourth-order valence-electron chi connectivity index (χ4n) is 4.48. The van der Waals surface area contributed by atoms with Gasteiger partial charge in [-0.05, 0) is 36.1 Å². The average molecular weight is 441 g/mol. The Kier molecular flexibility index (Phi) is 7.22. The van der Waals surface area contributed by atoms with E-state index in [2.05, 4.69) is 20.9 Å². The second-order valence-electron chi connectivity index (χ2n) is 8.36. The third kappa shape index (κ3) is 5.85. The maximum Gasteiger partial charge on any atom is 0.237 e. The molecule has 2 amide bonds. The summed E-state index contributed by atoms with van der Waals surface area (Å²) in [4.78, 5) is 27.0. The summed E-state index contributed by atoms with van der Waals surface area (Å²) in [6.07, 6.45) is 1.97. The zero-order valence-corrected chi connectivity index (χ0v) is 18.3. The quantitative estimate of drug-likeness (QED) is 0.589. The van der Waals surface area contributed by atoms with Crippen LogP contribution < -0.4 is 16.0 Å². The Bertz CT molecular complexity index is 907. The number of rotatable bonds is 8. The van der Waals surface area contributed by atoms with Gasteiger partial charge in [-0.2, -0.15) is 0 Å². The van der Waals surface area contributed by atoms with Crippen LogP contribution in [0.1, 0.15) is 30.4 Å². The Morgan fingerprint density at radius 3 is 2.71 bits per heavy atom. The largest absolute Gasteiger partial charge is 0.353 e. The van der Waals surface area contributed by atoms with Crippen LogP contribution in [-0.4, -0.2) is 47.9 Å². The molecule has 2 fully saturated rings. The summed E-state index contributed by atoms with van der Waals surface area (Å²) in [6.45, 7) is 2.68. The first-order chi connectivity index (χ1) is 15.1. The van der Waals surface area contributed by atoms with Gasteiger partial charge in [-0.3, -0.25) is 14.5 Å². The number of benzene rings is 2. The molecule has 2 aliphatic rings. The topological polar surface area (TPSA) is 73.5 Å². The molecule has 6 nitrogen and oxygen atoms in total. The Morgan fingerprint density at radius 2 is 1.90 bits per heavy atom. The van der Waals surface area contributed by atoms with Crippen LogP contribution >= 0.6 is 11.6 Å². The predicted octanol–water partition coefficient (Wildman–Crippen LogP) is 2.47. The van der Waals surface area contributed by atoms with Crippen LogP contribution in [0.15, 0.2) is 54.6 Å². The average Bonchev–Trinajstić information content (AvgIpc) is 3.22. The third-order valence-corrected chi connectivity index (χ3v) is 6.38. The molecule has 2 aromatic carbocycles. The standard InChI is InChI=1S/C24H29ClN4O2/c25-19-8-4-7-18(11-19)14-26-20-12-22-24(31)28-15-21(29(22)16-20)9-10-23(30)27-13-17-5-2-1-3-6-17/h1-8,11,20-22,26H,9-10,12-16H2,(H,27,30)(H,28,31)/t20-,21-,22+/m0/s1. The highest BCUT2D eigenvalue weighted by atomic mass is 35.5. The Labute approximate surface area is 188 Å². The van der Waals surface area contributed by atoms with Gasteiger partial charge in [0.2, 0.25) is 11.8 Å². The van der Waals surface area contributed by atoms with Gasteiger partial charge in [-0.25, -0.2) is 0 Å². The Hall–Kier alpha value is -2.41. The van der Waals surface area contributed by atoms with E-state index in [1.54, 1.807) is 0 Å². The summed E-state index contributed by atoms with van der Waals surface area (Å²) in [7, 11) is 0. The maximum absolute atomic E-state index is 12.4. The van der Waals surface area contributed by atoms with Gasteiger partial charge in [-0.1, -0.05) is 54.1 Å². The number of piperazine rings is 1. The molecule has 0 unspecified atom stereocenters. The molecule has 3 atom stereocenters. The lowest BCUT2D eigenvalue weighted by Crippen LogP contribution is -2.58. The number of fused-ring (bicyclic) bond motifs is 1. The van der Waals surface area contributed by atoms with Crippen molar-refractivity contribution in [3.8, 4) is 0 Å². The highest BCUT2D eigenvalue weighted by Crippen LogP contribution is 2.26. The fourth-order valence-corrected chi connectivity index (χ4v) is 4.70. The van der Waals surface area contributed by atoms with Crippen molar-refractivity contribution in [2.45, 2.75) is 50.5 Å². The van der Waals surface area contributed by atoms with Crippen LogP contribution in [0.25, 0.3) is 0 Å². The minimum Gasteiger partial charge on any atom is -0.353 e. The van der Waals surface area contributed by atoms with Gasteiger partial charge in [0.25, 0.3) is 0 Å². The number of hydrogen-bond donors (Lipinski definition) is 3. The van der Waals surface area contributed by atoms with E-state index in [9.17, 15) is 9.59 Å². The molecule has 31 heavy (non-hydrogen) atoms. The molecule has 2 aromatic rings. The van der Waals surface area contributed by atoms with E-state index in [0.717, 1.165) is 42.1 Å². The van der Waals surface area contributed by atoms with Gasteiger partial charge in [0.05, 0.1) is 6.04 Å². The molecule has 4 rings (SSSR count). The van der Waals surface area contributed by atoms with Crippen molar-refractivity contribution in [2.24, 2.45) is 0 Å². The first-order valence-electron chi connectivity index (χ1n) is 10.9. The number of amides is 2. The van der Waals surface area contributed by atoms with E-state index in [1.165, 1.54) is 0 Å². The molecular formula is C24H29ClN4O2. The minimum absolute atomic E-state index is 0.0483. The molecule has 2 aliphatic heterocycles. The summed E-state index contributed by atoms with van der Waals surface area (Å²) < 4.78 is 0. The molecule has 2 saturated heterocycles. The highest BCUT2D eigenvalue weighted by Gasteiger charge is 2.43. The molecule has 164 valence electrons. The van der Waals surface area contributed by atoms with Gasteiger partial charge >= 0.3 is 0 Å². The molecule has 0 radical (unpaired) electrons. The minimum atomic E-state index is -0.122. The number of halogens is 1.